The number of phenols is 1. The van der Waals surface area contributed by atoms with E-state index in [0.717, 1.165) is 0 Å². The molecule has 26 heavy (non-hydrogen) atoms. The second-order valence-electron chi connectivity index (χ2n) is 4.91. The van der Waals surface area contributed by atoms with E-state index in [4.69, 9.17) is 27.9 Å². The summed E-state index contributed by atoms with van der Waals surface area (Å²) in [6, 6.07) is 9.19. The molecule has 0 aromatic heterocycles. The van der Waals surface area contributed by atoms with Gasteiger partial charge in [0.1, 0.15) is 0 Å². The van der Waals surface area contributed by atoms with E-state index >= 15 is 0 Å². The van der Waals surface area contributed by atoms with Gasteiger partial charge in [-0.2, -0.15) is 5.10 Å². The zero-order chi connectivity index (χ0) is 19.1. The first-order valence-electron chi connectivity index (χ1n) is 7.46. The number of halogens is 2. The van der Waals surface area contributed by atoms with Gasteiger partial charge >= 0.3 is 11.8 Å². The molecule has 9 heteroatoms. The number of rotatable bonds is 5. The van der Waals surface area contributed by atoms with Crippen LogP contribution in [0.1, 0.15) is 12.5 Å². The van der Waals surface area contributed by atoms with Crippen molar-refractivity contribution in [1.29, 1.82) is 0 Å². The van der Waals surface area contributed by atoms with Gasteiger partial charge < -0.3 is 15.2 Å². The number of hydrazone groups is 1. The molecule has 0 bridgehead atoms. The lowest BCUT2D eigenvalue weighted by Crippen LogP contribution is -2.32. The highest BCUT2D eigenvalue weighted by molar-refractivity contribution is 6.45. The fourth-order valence-corrected chi connectivity index (χ4v) is 2.23. The molecular formula is C17H15Cl2N3O4. The largest absolute Gasteiger partial charge is 0.504 e. The van der Waals surface area contributed by atoms with Gasteiger partial charge in [0.2, 0.25) is 0 Å². The Morgan fingerprint density at radius 3 is 2.73 bits per heavy atom. The lowest BCUT2D eigenvalue weighted by molar-refractivity contribution is -0.136. The fraction of sp³-hybridized carbons (Fsp3) is 0.118. The zero-order valence-electron chi connectivity index (χ0n) is 13.6. The summed E-state index contributed by atoms with van der Waals surface area (Å²) in [6.07, 6.45) is 1.31. The number of anilines is 1. The van der Waals surface area contributed by atoms with Crippen LogP contribution in [0.3, 0.4) is 0 Å². The van der Waals surface area contributed by atoms with Gasteiger partial charge in [0.25, 0.3) is 0 Å². The van der Waals surface area contributed by atoms with Crippen molar-refractivity contribution < 1.29 is 19.4 Å². The summed E-state index contributed by atoms with van der Waals surface area (Å²) in [4.78, 5) is 23.6. The van der Waals surface area contributed by atoms with Gasteiger partial charge in [-0.05, 0) is 42.8 Å². The van der Waals surface area contributed by atoms with Crippen LogP contribution in [-0.2, 0) is 9.59 Å². The van der Waals surface area contributed by atoms with Crippen molar-refractivity contribution in [3.8, 4) is 11.5 Å². The number of hydrogen-bond donors (Lipinski definition) is 3. The maximum absolute atomic E-state index is 11.9. The van der Waals surface area contributed by atoms with Gasteiger partial charge in [-0.15, -0.1) is 0 Å². The van der Waals surface area contributed by atoms with E-state index in [0.29, 0.717) is 12.2 Å². The van der Waals surface area contributed by atoms with Crippen molar-refractivity contribution in [2.45, 2.75) is 6.92 Å². The van der Waals surface area contributed by atoms with Gasteiger partial charge in [-0.3, -0.25) is 9.59 Å². The van der Waals surface area contributed by atoms with Crippen molar-refractivity contribution in [3.63, 3.8) is 0 Å². The lowest BCUT2D eigenvalue weighted by Gasteiger charge is -2.07. The van der Waals surface area contributed by atoms with Gasteiger partial charge in [0, 0.05) is 0 Å². The van der Waals surface area contributed by atoms with Gasteiger partial charge in [0.05, 0.1) is 28.6 Å². The molecule has 2 aromatic carbocycles. The quantitative estimate of drug-likeness (QED) is 0.411. The van der Waals surface area contributed by atoms with Crippen molar-refractivity contribution in [1.82, 2.24) is 5.43 Å². The average molecular weight is 396 g/mol. The SMILES string of the molecule is CCOc1cc(/C=N/NC(=O)C(=O)Nc2cccc(Cl)c2Cl)ccc1O. The molecule has 0 saturated carbocycles. The van der Waals surface area contributed by atoms with Gasteiger partial charge in [-0.1, -0.05) is 29.3 Å². The molecule has 2 aromatic rings. The molecule has 2 rings (SSSR count). The summed E-state index contributed by atoms with van der Waals surface area (Å²) in [5, 5.41) is 16.0. The van der Waals surface area contributed by atoms with E-state index < -0.39 is 11.8 Å². The highest BCUT2D eigenvalue weighted by Gasteiger charge is 2.15. The first-order chi connectivity index (χ1) is 12.4. The highest BCUT2D eigenvalue weighted by Crippen LogP contribution is 2.29. The minimum Gasteiger partial charge on any atom is -0.504 e. The number of nitrogens with one attached hydrogen (secondary N) is 2. The Morgan fingerprint density at radius 2 is 2.00 bits per heavy atom. The first kappa shape index (κ1) is 19.6. The molecule has 0 radical (unpaired) electrons. The molecule has 3 N–H and O–H groups in total. The van der Waals surface area contributed by atoms with E-state index in [2.05, 4.69) is 15.8 Å². The third-order valence-corrected chi connectivity index (χ3v) is 3.89. The summed E-state index contributed by atoms with van der Waals surface area (Å²) in [5.74, 6) is -1.66. The lowest BCUT2D eigenvalue weighted by atomic mass is 10.2. The van der Waals surface area contributed by atoms with Crippen LogP contribution in [0.25, 0.3) is 0 Å². The van der Waals surface area contributed by atoms with Crippen molar-refractivity contribution in [2.24, 2.45) is 5.10 Å². The number of nitrogens with zero attached hydrogens (tertiary/aromatic N) is 1. The number of benzene rings is 2. The van der Waals surface area contributed by atoms with Crippen LogP contribution in [-0.4, -0.2) is 29.7 Å². The van der Waals surface area contributed by atoms with Crippen molar-refractivity contribution in [3.05, 3.63) is 52.0 Å². The molecule has 0 saturated heterocycles. The van der Waals surface area contributed by atoms with Crippen LogP contribution in [0.5, 0.6) is 11.5 Å². The predicted molar refractivity (Wildman–Crippen MR) is 100 cm³/mol. The van der Waals surface area contributed by atoms with E-state index in [1.807, 2.05) is 0 Å². The highest BCUT2D eigenvalue weighted by atomic mass is 35.5. The van der Waals surface area contributed by atoms with Gasteiger partial charge in [0.15, 0.2) is 11.5 Å². The molecule has 0 aliphatic carbocycles. The second kappa shape index (κ2) is 9.07. The number of aromatic hydroxyl groups is 1. The van der Waals surface area contributed by atoms with Crippen LogP contribution < -0.4 is 15.5 Å². The molecule has 7 nitrogen and oxygen atoms in total. The molecule has 0 aliphatic heterocycles. The smallest absolute Gasteiger partial charge is 0.329 e. The Labute approximate surface area is 159 Å². The van der Waals surface area contributed by atoms with Crippen molar-refractivity contribution in [2.75, 3.05) is 11.9 Å². The number of amides is 2. The second-order valence-corrected chi connectivity index (χ2v) is 5.70. The van der Waals surface area contributed by atoms with Crippen LogP contribution >= 0.6 is 23.2 Å². The van der Waals surface area contributed by atoms with E-state index in [1.54, 1.807) is 31.2 Å². The number of hydrogen-bond acceptors (Lipinski definition) is 5. The number of carbonyl (C=O) groups is 2. The summed E-state index contributed by atoms with van der Waals surface area (Å²) in [5.41, 5.74) is 2.86. The Kier molecular flexibility index (Phi) is 6.82. The molecule has 2 amide bonds. The molecule has 0 spiro atoms. The Bertz CT molecular complexity index is 856. The van der Waals surface area contributed by atoms with Gasteiger partial charge in [-0.25, -0.2) is 5.43 Å². The summed E-state index contributed by atoms with van der Waals surface area (Å²) in [6.45, 7) is 2.17. The Balaban J connectivity index is 1.97. The van der Waals surface area contributed by atoms with Crippen LogP contribution in [0.4, 0.5) is 5.69 Å². The van der Waals surface area contributed by atoms with Crippen LogP contribution in [0.2, 0.25) is 10.0 Å². The summed E-state index contributed by atoms with van der Waals surface area (Å²) in [7, 11) is 0. The predicted octanol–water partition coefficient (Wildman–Crippen LogP) is 3.19. The normalized spacial score (nSPS) is 10.6. The summed E-state index contributed by atoms with van der Waals surface area (Å²) >= 11 is 11.8. The topological polar surface area (TPSA) is 100 Å². The number of phenolic OH excluding ortho intramolecular Hbond substituents is 1. The molecule has 0 atom stereocenters. The molecule has 0 aliphatic rings. The molecule has 136 valence electrons. The average Bonchev–Trinajstić information content (AvgIpc) is 2.61. The standard InChI is InChI=1S/C17H15Cl2N3O4/c1-2-26-14-8-10(6-7-13(14)23)9-20-22-17(25)16(24)21-12-5-3-4-11(18)15(12)19/h3-9,23H,2H2,1H3,(H,21,24)(H,22,25)/b20-9+. The molecule has 0 heterocycles. The van der Waals surface area contributed by atoms with E-state index in [9.17, 15) is 14.7 Å². The third kappa shape index (κ3) is 5.11. The third-order valence-electron chi connectivity index (χ3n) is 3.07. The van der Waals surface area contributed by atoms with Crippen LogP contribution in [0.15, 0.2) is 41.5 Å². The first-order valence-corrected chi connectivity index (χ1v) is 8.22. The van der Waals surface area contributed by atoms with Crippen molar-refractivity contribution >= 4 is 46.9 Å². The summed E-state index contributed by atoms with van der Waals surface area (Å²) < 4.78 is 5.24. The number of carbonyl (C=O) groups excluding carboxylic acids is 2. The van der Waals surface area contributed by atoms with Crippen LogP contribution in [0, 0.1) is 0 Å². The van der Waals surface area contributed by atoms with E-state index in [-0.39, 0.29) is 27.2 Å². The zero-order valence-corrected chi connectivity index (χ0v) is 15.1. The monoisotopic (exact) mass is 395 g/mol. The minimum atomic E-state index is -0.985. The fourth-order valence-electron chi connectivity index (χ4n) is 1.88. The van der Waals surface area contributed by atoms with E-state index in [1.165, 1.54) is 18.3 Å². The molecular weight excluding hydrogens is 381 g/mol. The minimum absolute atomic E-state index is 0.00851. The molecule has 0 fully saturated rings. The number of ether oxygens (including phenoxy) is 1. The Morgan fingerprint density at radius 1 is 1.23 bits per heavy atom. The maximum Gasteiger partial charge on any atom is 0.329 e. The maximum atomic E-state index is 11.9. The molecule has 0 unspecified atom stereocenters. The Hall–Kier alpha value is -2.77.